The van der Waals surface area contributed by atoms with Gasteiger partial charge in [0.2, 0.25) is 0 Å². The van der Waals surface area contributed by atoms with E-state index in [0.29, 0.717) is 6.29 Å². The number of carbonyl (C=O) groups excluding carboxylic acids is 1. The molecule has 0 saturated carbocycles. The van der Waals surface area contributed by atoms with Crippen molar-refractivity contribution in [2.45, 2.75) is 33.1 Å². The van der Waals surface area contributed by atoms with Crippen LogP contribution in [0.1, 0.15) is 33.1 Å². The monoisotopic (exact) mass is 221 g/mol. The van der Waals surface area contributed by atoms with E-state index in [4.69, 9.17) is 10.5 Å². The summed E-state index contributed by atoms with van der Waals surface area (Å²) in [5, 5.41) is 0. The fourth-order valence-electron chi connectivity index (χ4n) is 0.807. The fourth-order valence-corrected chi connectivity index (χ4v) is 0.807. The van der Waals surface area contributed by atoms with Crippen LogP contribution in [0, 0.1) is 0 Å². The van der Waals surface area contributed by atoms with E-state index in [1.807, 2.05) is 30.3 Å². The zero-order valence-corrected chi connectivity index (χ0v) is 10.4. The van der Waals surface area contributed by atoms with Gasteiger partial charge in [-0.05, 0) is 18.2 Å². The van der Waals surface area contributed by atoms with E-state index < -0.39 is 0 Å². The van der Waals surface area contributed by atoms with Gasteiger partial charge in [-0.25, -0.2) is 0 Å². The molecular formula is C14H23NO. The maximum absolute atomic E-state index is 9.06. The first-order chi connectivity index (χ1) is 7.72. The van der Waals surface area contributed by atoms with Gasteiger partial charge in [0.1, 0.15) is 6.29 Å². The van der Waals surface area contributed by atoms with Crippen LogP contribution in [0.25, 0.3) is 0 Å². The Hall–Kier alpha value is -1.57. The fraction of sp³-hybridized carbons (Fsp3) is 0.357. The quantitative estimate of drug-likeness (QED) is 0.479. The molecule has 0 spiro atoms. The predicted molar refractivity (Wildman–Crippen MR) is 72.3 cm³/mol. The highest BCUT2D eigenvalue weighted by Crippen LogP contribution is 1.95. The maximum Gasteiger partial charge on any atom is 0.142 e. The summed E-state index contributed by atoms with van der Waals surface area (Å²) < 4.78 is 0. The van der Waals surface area contributed by atoms with E-state index in [1.54, 1.807) is 0 Å². The first-order valence-corrected chi connectivity index (χ1v) is 5.59. The van der Waals surface area contributed by atoms with Gasteiger partial charge in [0, 0.05) is 5.69 Å². The second-order valence-corrected chi connectivity index (χ2v) is 3.14. The summed E-state index contributed by atoms with van der Waals surface area (Å²) >= 11 is 0. The number of anilines is 1. The summed E-state index contributed by atoms with van der Waals surface area (Å²) in [7, 11) is 0. The highest BCUT2D eigenvalue weighted by molar-refractivity contribution is 5.63. The number of nitrogens with two attached hydrogens (primary N) is 1. The van der Waals surface area contributed by atoms with Crippen LogP contribution in [-0.2, 0) is 4.79 Å². The third-order valence-corrected chi connectivity index (χ3v) is 1.60. The van der Waals surface area contributed by atoms with Gasteiger partial charge < -0.3 is 5.73 Å². The molecule has 2 N–H and O–H groups in total. The van der Waals surface area contributed by atoms with E-state index in [-0.39, 0.29) is 0 Å². The molecule has 0 radical (unpaired) electrons. The van der Waals surface area contributed by atoms with Gasteiger partial charge in [0.25, 0.3) is 0 Å². The van der Waals surface area contributed by atoms with Crippen molar-refractivity contribution in [3.8, 4) is 0 Å². The minimum atomic E-state index is 0.639. The molecule has 0 unspecified atom stereocenters. The van der Waals surface area contributed by atoms with Gasteiger partial charge in [0.15, 0.2) is 0 Å². The van der Waals surface area contributed by atoms with Crippen LogP contribution in [-0.4, -0.2) is 6.29 Å². The largest absolute Gasteiger partial charge is 0.399 e. The average Bonchev–Trinajstić information content (AvgIpc) is 2.32. The first kappa shape index (κ1) is 16.8. The molecule has 1 aromatic rings. The minimum Gasteiger partial charge on any atom is -0.399 e. The molecule has 0 aromatic heterocycles. The highest BCUT2D eigenvalue weighted by atomic mass is 16.1. The molecule has 0 aliphatic rings. The van der Waals surface area contributed by atoms with Gasteiger partial charge in [-0.1, -0.05) is 57.9 Å². The first-order valence-electron chi connectivity index (χ1n) is 5.59. The van der Waals surface area contributed by atoms with Crippen LogP contribution in [0.15, 0.2) is 43.0 Å². The highest BCUT2D eigenvalue weighted by Gasteiger charge is 1.72. The van der Waals surface area contributed by atoms with Gasteiger partial charge in [-0.15, -0.1) is 0 Å². The van der Waals surface area contributed by atoms with Crippen LogP contribution >= 0.6 is 0 Å². The van der Waals surface area contributed by atoms with E-state index in [1.165, 1.54) is 25.3 Å². The van der Waals surface area contributed by atoms with Gasteiger partial charge in [-0.3, -0.25) is 4.79 Å². The molecule has 90 valence electrons. The molecule has 2 nitrogen and oxygen atoms in total. The molecule has 2 heteroatoms. The Labute approximate surface area is 99.2 Å². The number of rotatable bonds is 3. The summed E-state index contributed by atoms with van der Waals surface area (Å²) in [6, 6.07) is 9.49. The number of para-hydroxylation sites is 1. The molecule has 1 aromatic carbocycles. The third kappa shape index (κ3) is 18.3. The predicted octanol–water partition coefficient (Wildman–Crippen LogP) is 3.84. The Morgan fingerprint density at radius 2 is 1.62 bits per heavy atom. The lowest BCUT2D eigenvalue weighted by Crippen LogP contribution is -1.79. The van der Waals surface area contributed by atoms with Crippen LogP contribution < -0.4 is 5.73 Å². The molecule has 0 bridgehead atoms. The summed E-state index contributed by atoms with van der Waals surface area (Å²) in [5.41, 5.74) is 6.18. The van der Waals surface area contributed by atoms with Gasteiger partial charge >= 0.3 is 0 Å². The molecule has 1 rings (SSSR count). The van der Waals surface area contributed by atoms with Crippen LogP contribution in [0.4, 0.5) is 5.69 Å². The van der Waals surface area contributed by atoms with E-state index in [9.17, 15) is 0 Å². The Morgan fingerprint density at radius 3 is 1.75 bits per heavy atom. The topological polar surface area (TPSA) is 43.1 Å². The Morgan fingerprint density at radius 1 is 1.19 bits per heavy atom. The zero-order valence-electron chi connectivity index (χ0n) is 10.4. The number of allylic oxidation sites excluding steroid dienone is 1. The van der Waals surface area contributed by atoms with Gasteiger partial charge in [-0.2, -0.15) is 0 Å². The van der Waals surface area contributed by atoms with E-state index in [0.717, 1.165) is 5.69 Å². The molecule has 0 aliphatic carbocycles. The summed E-state index contributed by atoms with van der Waals surface area (Å²) in [6.07, 6.45) is 5.91. The van der Waals surface area contributed by atoms with E-state index in [2.05, 4.69) is 20.4 Å². The minimum absolute atomic E-state index is 0.639. The van der Waals surface area contributed by atoms with Crippen LogP contribution in [0.5, 0.6) is 0 Å². The molecular weight excluding hydrogens is 198 g/mol. The molecule has 0 amide bonds. The Kier molecular flexibility index (Phi) is 16.7. The van der Waals surface area contributed by atoms with Crippen molar-refractivity contribution in [3.05, 3.63) is 43.0 Å². The lowest BCUT2D eigenvalue weighted by Gasteiger charge is -1.83. The van der Waals surface area contributed by atoms with Crippen molar-refractivity contribution in [1.29, 1.82) is 0 Å². The number of unbranched alkanes of at least 4 members (excludes halogenated alkanes) is 2. The van der Waals surface area contributed by atoms with Crippen molar-refractivity contribution in [3.63, 3.8) is 0 Å². The van der Waals surface area contributed by atoms with Gasteiger partial charge in [0.05, 0.1) is 0 Å². The lowest BCUT2D eigenvalue weighted by molar-refractivity contribution is -0.104. The average molecular weight is 221 g/mol. The Balaban J connectivity index is 0. The van der Waals surface area contributed by atoms with Crippen molar-refractivity contribution in [2.75, 3.05) is 5.73 Å². The number of hydrogen-bond acceptors (Lipinski definition) is 2. The lowest BCUT2D eigenvalue weighted by atomic mass is 10.3. The molecule has 0 fully saturated rings. The summed E-state index contributed by atoms with van der Waals surface area (Å²) in [6.45, 7) is 7.53. The van der Waals surface area contributed by atoms with Crippen molar-refractivity contribution in [2.24, 2.45) is 0 Å². The summed E-state index contributed by atoms with van der Waals surface area (Å²) in [5.74, 6) is 0. The van der Waals surface area contributed by atoms with Crippen LogP contribution in [0.2, 0.25) is 0 Å². The summed E-state index contributed by atoms with van der Waals surface area (Å²) in [4.78, 5) is 9.06. The van der Waals surface area contributed by atoms with Crippen LogP contribution in [0.3, 0.4) is 0 Å². The maximum atomic E-state index is 9.06. The van der Waals surface area contributed by atoms with Crippen molar-refractivity contribution < 1.29 is 4.79 Å². The van der Waals surface area contributed by atoms with Crippen molar-refractivity contribution in [1.82, 2.24) is 0 Å². The normalized spacial score (nSPS) is 7.62. The smallest absolute Gasteiger partial charge is 0.142 e. The number of carbonyl (C=O) groups is 1. The number of benzene rings is 1. The molecule has 0 heterocycles. The number of nitrogen functional groups attached to an aromatic ring is 1. The zero-order chi connectivity index (χ0) is 12.6. The number of hydrogen-bond donors (Lipinski definition) is 1. The third-order valence-electron chi connectivity index (χ3n) is 1.60. The second-order valence-electron chi connectivity index (χ2n) is 3.14. The Bertz CT molecular complexity index is 236. The molecule has 0 saturated heterocycles. The molecule has 0 atom stereocenters. The SMILES string of the molecule is C=CC=O.CCCCC.Nc1ccccc1. The molecule has 0 aliphatic heterocycles. The second kappa shape index (κ2) is 15.9. The van der Waals surface area contributed by atoms with E-state index >= 15 is 0 Å². The molecule has 16 heavy (non-hydrogen) atoms. The van der Waals surface area contributed by atoms with Crippen molar-refractivity contribution >= 4 is 12.0 Å². The number of aldehydes is 1. The standard InChI is InChI=1S/C6H7N.C5H12.C3H4O/c7-6-4-2-1-3-5-6;1-3-5-4-2;1-2-3-4/h1-5H,7H2;3-5H2,1-2H3;2-3H,1H2.